The zero-order chi connectivity index (χ0) is 11.6. The zero-order valence-electron chi connectivity index (χ0n) is 8.04. The van der Waals surface area contributed by atoms with Crippen LogP contribution >= 0.6 is 0 Å². The topological polar surface area (TPSA) is 58.6 Å². The van der Waals surface area contributed by atoms with E-state index in [1.54, 1.807) is 5.32 Å². The standard InChI is InChI=1S/C8H12F3NO3/c1-4-6(13)5(2-3-15-4)12-7(14)8(9,10)11/h4-6,13H,2-3H2,1H3,(H,12,14)/t4-,5-,6-/m0/s1. The van der Waals surface area contributed by atoms with Gasteiger partial charge in [0.25, 0.3) is 0 Å². The van der Waals surface area contributed by atoms with Gasteiger partial charge in [-0.05, 0) is 13.3 Å². The molecule has 1 heterocycles. The Hall–Kier alpha value is -0.820. The van der Waals surface area contributed by atoms with Crippen molar-refractivity contribution < 1.29 is 27.8 Å². The number of halogens is 3. The largest absolute Gasteiger partial charge is 0.471 e. The summed E-state index contributed by atoms with van der Waals surface area (Å²) in [6.07, 6.45) is -6.42. The Morgan fingerprint density at radius 1 is 1.53 bits per heavy atom. The van der Waals surface area contributed by atoms with Gasteiger partial charge >= 0.3 is 12.1 Å². The molecule has 0 saturated carbocycles. The number of rotatable bonds is 1. The molecule has 7 heteroatoms. The van der Waals surface area contributed by atoms with Crippen LogP contribution in [-0.4, -0.2) is 42.0 Å². The van der Waals surface area contributed by atoms with E-state index in [0.29, 0.717) is 0 Å². The van der Waals surface area contributed by atoms with E-state index in [9.17, 15) is 23.1 Å². The smallest absolute Gasteiger partial charge is 0.388 e. The number of ether oxygens (including phenoxy) is 1. The van der Waals surface area contributed by atoms with Crippen molar-refractivity contribution in [3.05, 3.63) is 0 Å². The van der Waals surface area contributed by atoms with Crippen molar-refractivity contribution in [2.45, 2.75) is 37.8 Å². The number of carbonyl (C=O) groups excluding carboxylic acids is 1. The highest BCUT2D eigenvalue weighted by Gasteiger charge is 2.42. The van der Waals surface area contributed by atoms with E-state index < -0.39 is 30.3 Å². The summed E-state index contributed by atoms with van der Waals surface area (Å²) in [6, 6.07) is -0.900. The van der Waals surface area contributed by atoms with Crippen LogP contribution < -0.4 is 5.32 Å². The van der Waals surface area contributed by atoms with E-state index >= 15 is 0 Å². The molecule has 4 nitrogen and oxygen atoms in total. The summed E-state index contributed by atoms with van der Waals surface area (Å²) in [4.78, 5) is 10.6. The van der Waals surface area contributed by atoms with Crippen LogP contribution in [0.25, 0.3) is 0 Å². The third kappa shape index (κ3) is 3.07. The highest BCUT2D eigenvalue weighted by atomic mass is 19.4. The number of alkyl halides is 3. The summed E-state index contributed by atoms with van der Waals surface area (Å²) in [5.74, 6) is -2.03. The number of aliphatic hydroxyl groups is 1. The van der Waals surface area contributed by atoms with Gasteiger partial charge in [0.05, 0.1) is 12.1 Å². The normalized spacial score (nSPS) is 32.5. The lowest BCUT2D eigenvalue weighted by molar-refractivity contribution is -0.177. The lowest BCUT2D eigenvalue weighted by Crippen LogP contribution is -2.54. The fraction of sp³-hybridized carbons (Fsp3) is 0.875. The van der Waals surface area contributed by atoms with Crippen molar-refractivity contribution >= 4 is 5.91 Å². The minimum absolute atomic E-state index is 0.174. The summed E-state index contributed by atoms with van der Waals surface area (Å²) in [5.41, 5.74) is 0. The number of carbonyl (C=O) groups is 1. The first-order chi connectivity index (χ1) is 6.82. The highest BCUT2D eigenvalue weighted by molar-refractivity contribution is 5.82. The molecular formula is C8H12F3NO3. The predicted molar refractivity (Wildman–Crippen MR) is 44.0 cm³/mol. The van der Waals surface area contributed by atoms with Gasteiger partial charge in [-0.3, -0.25) is 4.79 Å². The molecule has 1 fully saturated rings. The number of amides is 1. The van der Waals surface area contributed by atoms with Gasteiger partial charge in [0.2, 0.25) is 0 Å². The molecule has 88 valence electrons. The van der Waals surface area contributed by atoms with Gasteiger partial charge < -0.3 is 15.2 Å². The first-order valence-corrected chi connectivity index (χ1v) is 4.49. The molecule has 1 saturated heterocycles. The Morgan fingerprint density at radius 3 is 2.67 bits per heavy atom. The van der Waals surface area contributed by atoms with Crippen molar-refractivity contribution in [2.75, 3.05) is 6.61 Å². The molecule has 0 aromatic rings. The maximum absolute atomic E-state index is 11.9. The minimum atomic E-state index is -4.92. The maximum Gasteiger partial charge on any atom is 0.471 e. The van der Waals surface area contributed by atoms with Crippen molar-refractivity contribution in [3.63, 3.8) is 0 Å². The summed E-state index contributed by atoms with van der Waals surface area (Å²) in [7, 11) is 0. The number of aliphatic hydroxyl groups excluding tert-OH is 1. The van der Waals surface area contributed by atoms with Crippen LogP contribution in [0.15, 0.2) is 0 Å². The molecule has 1 aliphatic rings. The third-order valence-corrected chi connectivity index (χ3v) is 2.28. The maximum atomic E-state index is 11.9. The molecule has 15 heavy (non-hydrogen) atoms. The Kier molecular flexibility index (Phi) is 3.56. The van der Waals surface area contributed by atoms with E-state index in [1.165, 1.54) is 6.92 Å². The van der Waals surface area contributed by atoms with Gasteiger partial charge in [0, 0.05) is 6.61 Å². The van der Waals surface area contributed by atoms with E-state index in [2.05, 4.69) is 0 Å². The second-order valence-corrected chi connectivity index (χ2v) is 3.43. The molecule has 1 rings (SSSR count). The van der Waals surface area contributed by atoms with E-state index in [-0.39, 0.29) is 13.0 Å². The van der Waals surface area contributed by atoms with Crippen LogP contribution in [0.5, 0.6) is 0 Å². The van der Waals surface area contributed by atoms with Crippen LogP contribution in [0.1, 0.15) is 13.3 Å². The van der Waals surface area contributed by atoms with Crippen molar-refractivity contribution in [3.8, 4) is 0 Å². The molecular weight excluding hydrogens is 215 g/mol. The molecule has 0 aromatic heterocycles. The summed E-state index contributed by atoms with van der Waals surface area (Å²) in [5, 5.41) is 11.2. The molecule has 0 radical (unpaired) electrons. The second kappa shape index (κ2) is 4.36. The molecule has 0 aliphatic carbocycles. The molecule has 0 spiro atoms. The minimum Gasteiger partial charge on any atom is -0.388 e. The van der Waals surface area contributed by atoms with E-state index in [1.807, 2.05) is 0 Å². The van der Waals surface area contributed by atoms with E-state index in [4.69, 9.17) is 4.74 Å². The SMILES string of the molecule is C[C@@H]1OCC[C@H](NC(=O)C(F)(F)F)[C@H]1O. The molecule has 0 unspecified atom stereocenters. The quantitative estimate of drug-likeness (QED) is 0.673. The summed E-state index contributed by atoms with van der Waals surface area (Å²) >= 11 is 0. The zero-order valence-corrected chi connectivity index (χ0v) is 8.04. The van der Waals surface area contributed by atoms with E-state index in [0.717, 1.165) is 0 Å². The second-order valence-electron chi connectivity index (χ2n) is 3.43. The average molecular weight is 227 g/mol. The lowest BCUT2D eigenvalue weighted by atomic mass is 10.0. The van der Waals surface area contributed by atoms with Gasteiger partial charge in [-0.25, -0.2) is 0 Å². The molecule has 1 aliphatic heterocycles. The van der Waals surface area contributed by atoms with Crippen LogP contribution in [0.2, 0.25) is 0 Å². The first-order valence-electron chi connectivity index (χ1n) is 4.49. The van der Waals surface area contributed by atoms with Gasteiger partial charge in [-0.15, -0.1) is 0 Å². The van der Waals surface area contributed by atoms with Gasteiger partial charge in [-0.2, -0.15) is 13.2 Å². The lowest BCUT2D eigenvalue weighted by Gasteiger charge is -2.33. The molecule has 0 bridgehead atoms. The Bertz CT molecular complexity index is 244. The van der Waals surface area contributed by atoms with Gasteiger partial charge in [0.15, 0.2) is 0 Å². The molecule has 0 aromatic carbocycles. The molecule has 3 atom stereocenters. The fourth-order valence-corrected chi connectivity index (χ4v) is 1.39. The first kappa shape index (κ1) is 12.3. The highest BCUT2D eigenvalue weighted by Crippen LogP contribution is 2.18. The van der Waals surface area contributed by atoms with Gasteiger partial charge in [-0.1, -0.05) is 0 Å². The molecule has 1 amide bonds. The van der Waals surface area contributed by atoms with Crippen molar-refractivity contribution in [1.82, 2.24) is 5.32 Å². The average Bonchev–Trinajstić information content (AvgIpc) is 2.11. The summed E-state index contributed by atoms with van der Waals surface area (Å²) < 4.78 is 40.7. The monoisotopic (exact) mass is 227 g/mol. The van der Waals surface area contributed by atoms with Crippen LogP contribution in [0.3, 0.4) is 0 Å². The third-order valence-electron chi connectivity index (χ3n) is 2.28. The fourth-order valence-electron chi connectivity index (χ4n) is 1.39. The predicted octanol–water partition coefficient (Wildman–Crippen LogP) is 0.203. The van der Waals surface area contributed by atoms with Crippen LogP contribution in [0.4, 0.5) is 13.2 Å². The number of hydrogen-bond donors (Lipinski definition) is 2. The number of hydrogen-bond acceptors (Lipinski definition) is 3. The Morgan fingerprint density at radius 2 is 2.13 bits per heavy atom. The van der Waals surface area contributed by atoms with Crippen LogP contribution in [0, 0.1) is 0 Å². The molecule has 2 N–H and O–H groups in total. The van der Waals surface area contributed by atoms with Crippen LogP contribution in [-0.2, 0) is 9.53 Å². The Balaban J connectivity index is 2.54. The number of nitrogens with one attached hydrogen (secondary N) is 1. The van der Waals surface area contributed by atoms with Gasteiger partial charge in [0.1, 0.15) is 6.10 Å². The van der Waals surface area contributed by atoms with Crippen molar-refractivity contribution in [2.24, 2.45) is 0 Å². The summed E-state index contributed by atoms with van der Waals surface area (Å²) in [6.45, 7) is 1.76. The van der Waals surface area contributed by atoms with Crippen molar-refractivity contribution in [1.29, 1.82) is 0 Å². The Labute approximate surface area is 84.4 Å².